The molecule has 27 heavy (non-hydrogen) atoms. The van der Waals surface area contributed by atoms with E-state index < -0.39 is 10.0 Å². The zero-order chi connectivity index (χ0) is 19.8. The first kappa shape index (κ1) is 19.3. The van der Waals surface area contributed by atoms with Crippen molar-refractivity contribution in [1.82, 2.24) is 8.87 Å². The highest BCUT2D eigenvalue weighted by Gasteiger charge is 2.29. The van der Waals surface area contributed by atoms with E-state index >= 15 is 0 Å². The van der Waals surface area contributed by atoms with Gasteiger partial charge in [0.1, 0.15) is 0 Å². The zero-order valence-corrected chi connectivity index (χ0v) is 16.5. The number of aryl methyl sites for hydroxylation is 1. The van der Waals surface area contributed by atoms with E-state index in [1.807, 2.05) is 0 Å². The van der Waals surface area contributed by atoms with Crippen LogP contribution >= 0.6 is 0 Å². The second-order valence-electron chi connectivity index (χ2n) is 6.45. The zero-order valence-electron chi connectivity index (χ0n) is 15.7. The van der Waals surface area contributed by atoms with Crippen LogP contribution in [0.2, 0.25) is 0 Å². The third-order valence-corrected chi connectivity index (χ3v) is 6.93. The number of benzene rings is 1. The van der Waals surface area contributed by atoms with Gasteiger partial charge in [0, 0.05) is 50.2 Å². The second-order valence-corrected chi connectivity index (χ2v) is 8.39. The highest BCUT2D eigenvalue weighted by molar-refractivity contribution is 7.89. The van der Waals surface area contributed by atoms with Gasteiger partial charge in [0.15, 0.2) is 0 Å². The Hall–Kier alpha value is -2.45. The van der Waals surface area contributed by atoms with Crippen molar-refractivity contribution in [2.45, 2.75) is 25.2 Å². The summed E-state index contributed by atoms with van der Waals surface area (Å²) in [5.74, 6) is -0.259. The Labute approximate surface area is 158 Å². The highest BCUT2D eigenvalue weighted by atomic mass is 32.2. The Morgan fingerprint density at radius 2 is 1.85 bits per heavy atom. The summed E-state index contributed by atoms with van der Waals surface area (Å²) in [7, 11) is -1.91. The first-order valence-electron chi connectivity index (χ1n) is 8.91. The van der Waals surface area contributed by atoms with Crippen LogP contribution in [0.15, 0.2) is 46.2 Å². The molecule has 144 valence electrons. The maximum Gasteiger partial charge on any atom is 0.258 e. The van der Waals surface area contributed by atoms with E-state index in [1.165, 1.54) is 14.9 Å². The van der Waals surface area contributed by atoms with Gasteiger partial charge in [-0.3, -0.25) is 9.59 Å². The van der Waals surface area contributed by atoms with Gasteiger partial charge in [0.05, 0.1) is 4.90 Å². The van der Waals surface area contributed by atoms with Gasteiger partial charge >= 0.3 is 0 Å². The van der Waals surface area contributed by atoms with Gasteiger partial charge in [-0.05, 0) is 36.2 Å². The van der Waals surface area contributed by atoms with Gasteiger partial charge < -0.3 is 9.47 Å². The predicted molar refractivity (Wildman–Crippen MR) is 104 cm³/mol. The summed E-state index contributed by atoms with van der Waals surface area (Å²) in [6, 6.07) is 7.81. The van der Waals surface area contributed by atoms with Crippen LogP contribution in [0.5, 0.6) is 0 Å². The Kier molecular flexibility index (Phi) is 5.21. The number of carbonyl (C=O) groups is 1. The quantitative estimate of drug-likeness (QED) is 0.778. The lowest BCUT2D eigenvalue weighted by Crippen LogP contribution is -2.31. The lowest BCUT2D eigenvalue weighted by molar-refractivity contribution is 0.0989. The molecule has 3 rings (SSSR count). The molecule has 1 amide bonds. The standard InChI is InChI=1S/C19H23N3O4S/c1-4-21(5-2)27(25,26)16-6-7-17-14(12-16)9-11-22(17)19(24)15-8-10-20(3)18(23)13-15/h6-8,10,12-13H,4-5,9,11H2,1-3H3. The summed E-state index contributed by atoms with van der Waals surface area (Å²) in [5.41, 5.74) is 1.59. The third-order valence-electron chi connectivity index (χ3n) is 4.89. The molecule has 1 aliphatic rings. The lowest BCUT2D eigenvalue weighted by atomic mass is 10.1. The van der Waals surface area contributed by atoms with Crippen LogP contribution in [0.25, 0.3) is 0 Å². The molecule has 2 heterocycles. The number of anilines is 1. The molecule has 2 aromatic rings. The number of pyridine rings is 1. The number of rotatable bonds is 5. The first-order chi connectivity index (χ1) is 12.8. The molecule has 0 N–H and O–H groups in total. The minimum Gasteiger partial charge on any atom is -0.319 e. The van der Waals surface area contributed by atoms with Crippen LogP contribution in [0.1, 0.15) is 29.8 Å². The molecular weight excluding hydrogens is 366 g/mol. The van der Waals surface area contributed by atoms with Crippen LogP contribution in [0, 0.1) is 0 Å². The minimum absolute atomic E-state index is 0.243. The van der Waals surface area contributed by atoms with Crippen LogP contribution < -0.4 is 10.5 Å². The van der Waals surface area contributed by atoms with Gasteiger partial charge in [-0.15, -0.1) is 0 Å². The minimum atomic E-state index is -3.54. The summed E-state index contributed by atoms with van der Waals surface area (Å²) in [6.45, 7) is 4.88. The van der Waals surface area contributed by atoms with Crippen molar-refractivity contribution in [2.75, 3.05) is 24.5 Å². The van der Waals surface area contributed by atoms with E-state index in [0.29, 0.717) is 37.3 Å². The molecule has 0 saturated heterocycles. The molecule has 0 spiro atoms. The van der Waals surface area contributed by atoms with Crippen molar-refractivity contribution in [1.29, 1.82) is 0 Å². The maximum absolute atomic E-state index is 12.8. The third kappa shape index (κ3) is 3.42. The van der Waals surface area contributed by atoms with E-state index in [9.17, 15) is 18.0 Å². The molecule has 0 aliphatic carbocycles. The molecule has 0 radical (unpaired) electrons. The molecule has 0 saturated carbocycles. The molecule has 1 aromatic carbocycles. The normalized spacial score (nSPS) is 13.9. The average molecular weight is 389 g/mol. The molecule has 1 aromatic heterocycles. The monoisotopic (exact) mass is 389 g/mol. The van der Waals surface area contributed by atoms with E-state index in [4.69, 9.17) is 0 Å². The van der Waals surface area contributed by atoms with Crippen molar-refractivity contribution in [3.63, 3.8) is 0 Å². The number of amides is 1. The van der Waals surface area contributed by atoms with Gasteiger partial charge in [0.25, 0.3) is 11.5 Å². The SMILES string of the molecule is CCN(CC)S(=O)(=O)c1ccc2c(c1)CCN2C(=O)c1ccn(C)c(=O)c1. The average Bonchev–Trinajstić information content (AvgIpc) is 3.07. The van der Waals surface area contributed by atoms with Gasteiger partial charge in [-0.2, -0.15) is 4.31 Å². The summed E-state index contributed by atoms with van der Waals surface area (Å²) in [6.07, 6.45) is 2.14. The molecule has 0 fully saturated rings. The Morgan fingerprint density at radius 1 is 1.15 bits per heavy atom. The number of fused-ring (bicyclic) bond motifs is 1. The van der Waals surface area contributed by atoms with Gasteiger partial charge in [-0.25, -0.2) is 8.42 Å². The Morgan fingerprint density at radius 3 is 2.48 bits per heavy atom. The van der Waals surface area contributed by atoms with Gasteiger partial charge in [0.2, 0.25) is 10.0 Å². The van der Waals surface area contributed by atoms with E-state index in [-0.39, 0.29) is 16.4 Å². The number of aromatic nitrogens is 1. The molecule has 0 atom stereocenters. The summed E-state index contributed by atoms with van der Waals surface area (Å²) < 4.78 is 28.2. The highest BCUT2D eigenvalue weighted by Crippen LogP contribution is 2.32. The van der Waals surface area contributed by atoms with E-state index in [1.54, 1.807) is 56.3 Å². The topological polar surface area (TPSA) is 79.7 Å². The lowest BCUT2D eigenvalue weighted by Gasteiger charge is -2.20. The predicted octanol–water partition coefficient (Wildman–Crippen LogP) is 1.62. The smallest absolute Gasteiger partial charge is 0.258 e. The Balaban J connectivity index is 1.93. The number of nitrogens with zero attached hydrogens (tertiary/aromatic N) is 3. The summed E-state index contributed by atoms with van der Waals surface area (Å²) in [5, 5.41) is 0. The molecule has 8 heteroatoms. The summed E-state index contributed by atoms with van der Waals surface area (Å²) >= 11 is 0. The fourth-order valence-electron chi connectivity index (χ4n) is 3.30. The number of sulfonamides is 1. The van der Waals surface area contributed by atoms with Crippen LogP contribution in [0.4, 0.5) is 5.69 Å². The van der Waals surface area contributed by atoms with Crippen molar-refractivity contribution < 1.29 is 13.2 Å². The van der Waals surface area contributed by atoms with Crippen molar-refractivity contribution >= 4 is 21.6 Å². The number of hydrogen-bond donors (Lipinski definition) is 0. The molecule has 0 unspecified atom stereocenters. The van der Waals surface area contributed by atoms with Crippen molar-refractivity contribution in [3.05, 3.63) is 58.0 Å². The van der Waals surface area contributed by atoms with Crippen molar-refractivity contribution in [3.8, 4) is 0 Å². The van der Waals surface area contributed by atoms with Crippen LogP contribution in [-0.2, 0) is 23.5 Å². The number of carbonyl (C=O) groups excluding carboxylic acids is 1. The van der Waals surface area contributed by atoms with E-state index in [0.717, 1.165) is 5.56 Å². The molecule has 0 bridgehead atoms. The van der Waals surface area contributed by atoms with Crippen molar-refractivity contribution in [2.24, 2.45) is 7.05 Å². The fraction of sp³-hybridized carbons (Fsp3) is 0.368. The largest absolute Gasteiger partial charge is 0.319 e. The van der Waals surface area contributed by atoms with Crippen LogP contribution in [0.3, 0.4) is 0 Å². The first-order valence-corrected chi connectivity index (χ1v) is 10.3. The number of hydrogen-bond acceptors (Lipinski definition) is 4. The maximum atomic E-state index is 12.8. The Bertz CT molecular complexity index is 1040. The van der Waals surface area contributed by atoms with Gasteiger partial charge in [-0.1, -0.05) is 13.8 Å². The fourth-order valence-corrected chi connectivity index (χ4v) is 4.81. The van der Waals surface area contributed by atoms with E-state index in [2.05, 4.69) is 0 Å². The van der Waals surface area contributed by atoms with Crippen LogP contribution in [-0.4, -0.2) is 42.8 Å². The summed E-state index contributed by atoms with van der Waals surface area (Å²) in [4.78, 5) is 26.4. The molecular formula is C19H23N3O4S. The second kappa shape index (κ2) is 7.28. The molecule has 7 nitrogen and oxygen atoms in total. The molecule has 1 aliphatic heterocycles.